The number of ether oxygens (including phenoxy) is 2. The van der Waals surface area contributed by atoms with Crippen molar-refractivity contribution >= 4 is 23.5 Å². The lowest BCUT2D eigenvalue weighted by Gasteiger charge is -2.13. The van der Waals surface area contributed by atoms with Gasteiger partial charge < -0.3 is 20.5 Å². The van der Waals surface area contributed by atoms with Crippen LogP contribution in [0, 0.1) is 11.3 Å². The number of methoxy groups -OCH3 is 2. The Morgan fingerprint density at radius 1 is 1.38 bits per heavy atom. The molecule has 0 fully saturated rings. The van der Waals surface area contributed by atoms with E-state index in [1.807, 2.05) is 12.1 Å². The minimum atomic E-state index is -0.428. The molecule has 8 nitrogen and oxygen atoms in total. The van der Waals surface area contributed by atoms with Crippen molar-refractivity contribution in [1.29, 1.82) is 5.26 Å². The Balaban J connectivity index is 1.95. The number of carbonyl (C=O) groups excluding carboxylic acids is 1. The molecule has 0 aliphatic heterocycles. The molecule has 0 saturated carbocycles. The number of aromatic nitrogens is 2. The summed E-state index contributed by atoms with van der Waals surface area (Å²) in [5.41, 5.74) is 6.75. The summed E-state index contributed by atoms with van der Waals surface area (Å²) in [6.45, 7) is 2.09. The minimum absolute atomic E-state index is 0.0999. The van der Waals surface area contributed by atoms with Crippen molar-refractivity contribution in [2.24, 2.45) is 0 Å². The van der Waals surface area contributed by atoms with Gasteiger partial charge in [-0.15, -0.1) is 0 Å². The van der Waals surface area contributed by atoms with Gasteiger partial charge in [0, 0.05) is 6.54 Å². The number of anilines is 1. The zero-order valence-corrected chi connectivity index (χ0v) is 15.5. The van der Waals surface area contributed by atoms with Gasteiger partial charge in [-0.05, 0) is 24.6 Å². The van der Waals surface area contributed by atoms with Crippen molar-refractivity contribution in [3.05, 3.63) is 35.5 Å². The molecule has 9 heteroatoms. The van der Waals surface area contributed by atoms with E-state index in [4.69, 9.17) is 20.5 Å². The minimum Gasteiger partial charge on any atom is -0.493 e. The summed E-state index contributed by atoms with van der Waals surface area (Å²) < 4.78 is 10.4. The third-order valence-electron chi connectivity index (χ3n) is 3.48. The number of nitrogen functional groups attached to an aromatic ring is 1. The second kappa shape index (κ2) is 8.92. The summed E-state index contributed by atoms with van der Waals surface area (Å²) in [7, 11) is 3.12. The van der Waals surface area contributed by atoms with Gasteiger partial charge in [0.1, 0.15) is 17.5 Å². The Bertz CT molecular complexity index is 838. The van der Waals surface area contributed by atoms with Gasteiger partial charge in [0.2, 0.25) is 5.91 Å². The number of nitriles is 1. The van der Waals surface area contributed by atoms with E-state index < -0.39 is 5.25 Å². The SMILES string of the molecule is COc1ccc(CNC(=O)[C@@H](C)Sc2ncc(C#N)c(N)n2)cc1OC. The first-order chi connectivity index (χ1) is 12.5. The Labute approximate surface area is 155 Å². The van der Waals surface area contributed by atoms with E-state index in [2.05, 4.69) is 15.3 Å². The molecule has 1 aromatic heterocycles. The zero-order valence-electron chi connectivity index (χ0n) is 14.6. The van der Waals surface area contributed by atoms with Crippen molar-refractivity contribution in [3.63, 3.8) is 0 Å². The number of carbonyl (C=O) groups is 1. The largest absolute Gasteiger partial charge is 0.493 e. The molecule has 1 amide bonds. The highest BCUT2D eigenvalue weighted by Crippen LogP contribution is 2.27. The predicted molar refractivity (Wildman–Crippen MR) is 97.9 cm³/mol. The Kier molecular flexibility index (Phi) is 6.63. The van der Waals surface area contributed by atoms with Crippen LogP contribution < -0.4 is 20.5 Å². The normalized spacial score (nSPS) is 11.3. The van der Waals surface area contributed by atoms with E-state index in [0.717, 1.165) is 5.56 Å². The van der Waals surface area contributed by atoms with Crippen molar-refractivity contribution in [3.8, 4) is 17.6 Å². The summed E-state index contributed by atoms with van der Waals surface area (Å²) in [6.07, 6.45) is 1.35. The molecule has 0 aliphatic rings. The summed E-state index contributed by atoms with van der Waals surface area (Å²) in [4.78, 5) is 20.3. The Hall–Kier alpha value is -2.99. The third kappa shape index (κ3) is 4.77. The molecule has 1 aromatic carbocycles. The number of hydrogen-bond acceptors (Lipinski definition) is 8. The number of benzene rings is 1. The van der Waals surface area contributed by atoms with Gasteiger partial charge in [-0.25, -0.2) is 9.97 Å². The highest BCUT2D eigenvalue weighted by molar-refractivity contribution is 8.00. The van der Waals surface area contributed by atoms with Gasteiger partial charge >= 0.3 is 0 Å². The fraction of sp³-hybridized carbons (Fsp3) is 0.294. The van der Waals surface area contributed by atoms with Crippen LogP contribution >= 0.6 is 11.8 Å². The first-order valence-corrected chi connectivity index (χ1v) is 8.54. The molecule has 0 saturated heterocycles. The van der Waals surface area contributed by atoms with E-state index in [-0.39, 0.29) is 17.3 Å². The van der Waals surface area contributed by atoms with Crippen LogP contribution in [0.1, 0.15) is 18.1 Å². The monoisotopic (exact) mass is 373 g/mol. The highest BCUT2D eigenvalue weighted by Gasteiger charge is 2.17. The predicted octanol–water partition coefficient (Wildman–Crippen LogP) is 1.74. The fourth-order valence-corrected chi connectivity index (χ4v) is 2.83. The average molecular weight is 373 g/mol. The summed E-state index contributed by atoms with van der Waals surface area (Å²) in [5, 5.41) is 11.6. The van der Waals surface area contributed by atoms with Crippen molar-refractivity contribution < 1.29 is 14.3 Å². The molecule has 0 spiro atoms. The van der Waals surface area contributed by atoms with Crippen LogP contribution in [0.3, 0.4) is 0 Å². The molecule has 1 heterocycles. The van der Waals surface area contributed by atoms with Gasteiger partial charge in [0.25, 0.3) is 0 Å². The lowest BCUT2D eigenvalue weighted by Crippen LogP contribution is -2.30. The smallest absolute Gasteiger partial charge is 0.233 e. The maximum absolute atomic E-state index is 12.3. The van der Waals surface area contributed by atoms with Crippen LogP contribution in [0.2, 0.25) is 0 Å². The van der Waals surface area contributed by atoms with Gasteiger partial charge in [0.15, 0.2) is 16.7 Å². The molecule has 3 N–H and O–H groups in total. The summed E-state index contributed by atoms with van der Waals surface area (Å²) in [5.74, 6) is 1.16. The van der Waals surface area contributed by atoms with Crippen molar-refractivity contribution in [2.45, 2.75) is 23.9 Å². The maximum atomic E-state index is 12.3. The van der Waals surface area contributed by atoms with Crippen LogP contribution in [0.15, 0.2) is 29.6 Å². The number of amides is 1. The van der Waals surface area contributed by atoms with Crippen LogP contribution in [0.4, 0.5) is 5.82 Å². The molecule has 1 atom stereocenters. The summed E-state index contributed by atoms with van der Waals surface area (Å²) in [6, 6.07) is 7.34. The molecular formula is C17H19N5O3S. The van der Waals surface area contributed by atoms with Crippen molar-refractivity contribution in [1.82, 2.24) is 15.3 Å². The number of nitrogens with zero attached hydrogens (tertiary/aromatic N) is 3. The topological polar surface area (TPSA) is 123 Å². The van der Waals surface area contributed by atoms with Gasteiger partial charge in [-0.1, -0.05) is 17.8 Å². The van der Waals surface area contributed by atoms with Crippen LogP contribution in [-0.2, 0) is 11.3 Å². The number of nitrogens with two attached hydrogens (primary N) is 1. The quantitative estimate of drug-likeness (QED) is 0.556. The zero-order chi connectivity index (χ0) is 19.1. The Morgan fingerprint density at radius 2 is 2.12 bits per heavy atom. The van der Waals surface area contributed by atoms with Crippen LogP contribution in [0.25, 0.3) is 0 Å². The van der Waals surface area contributed by atoms with Crippen LogP contribution in [0.5, 0.6) is 11.5 Å². The highest BCUT2D eigenvalue weighted by atomic mass is 32.2. The van der Waals surface area contributed by atoms with E-state index in [1.54, 1.807) is 33.3 Å². The summed E-state index contributed by atoms with van der Waals surface area (Å²) >= 11 is 1.17. The average Bonchev–Trinajstić information content (AvgIpc) is 2.65. The van der Waals surface area contributed by atoms with Gasteiger partial charge in [0.05, 0.1) is 25.7 Å². The number of hydrogen-bond donors (Lipinski definition) is 2. The lowest BCUT2D eigenvalue weighted by atomic mass is 10.2. The second-order valence-corrected chi connectivity index (χ2v) is 6.54. The first kappa shape index (κ1) is 19.3. The Morgan fingerprint density at radius 3 is 2.73 bits per heavy atom. The van der Waals surface area contributed by atoms with E-state index >= 15 is 0 Å². The van der Waals surface area contributed by atoms with Gasteiger partial charge in [-0.2, -0.15) is 5.26 Å². The first-order valence-electron chi connectivity index (χ1n) is 7.66. The number of nitrogens with one attached hydrogen (secondary N) is 1. The molecule has 2 rings (SSSR count). The molecule has 26 heavy (non-hydrogen) atoms. The van der Waals surface area contributed by atoms with E-state index in [0.29, 0.717) is 23.2 Å². The molecule has 2 aromatic rings. The molecule has 136 valence electrons. The van der Waals surface area contributed by atoms with E-state index in [1.165, 1.54) is 18.0 Å². The fourth-order valence-electron chi connectivity index (χ4n) is 2.06. The molecule has 0 unspecified atom stereocenters. The third-order valence-corrected chi connectivity index (χ3v) is 4.46. The molecular weight excluding hydrogens is 354 g/mol. The maximum Gasteiger partial charge on any atom is 0.233 e. The van der Waals surface area contributed by atoms with Crippen LogP contribution in [-0.4, -0.2) is 35.3 Å². The number of thioether (sulfide) groups is 1. The van der Waals surface area contributed by atoms with E-state index in [9.17, 15) is 4.79 Å². The second-order valence-electron chi connectivity index (χ2n) is 5.23. The molecule has 0 radical (unpaired) electrons. The number of rotatable bonds is 7. The molecule has 0 bridgehead atoms. The lowest BCUT2D eigenvalue weighted by molar-refractivity contribution is -0.120. The molecule has 0 aliphatic carbocycles. The van der Waals surface area contributed by atoms with Crippen molar-refractivity contribution in [2.75, 3.05) is 20.0 Å². The standard InChI is InChI=1S/C17H19N5O3S/c1-10(26-17-21-9-12(7-18)15(19)22-17)16(23)20-8-11-4-5-13(24-2)14(6-11)25-3/h4-6,9-10H,8H2,1-3H3,(H,20,23)(H2,19,21,22)/t10-/m1/s1. The van der Waals surface area contributed by atoms with Gasteiger partial charge in [-0.3, -0.25) is 4.79 Å².